The van der Waals surface area contributed by atoms with Gasteiger partial charge in [-0.3, -0.25) is 4.79 Å². The zero-order valence-electron chi connectivity index (χ0n) is 15.2. The maximum absolute atomic E-state index is 12.9. The van der Waals surface area contributed by atoms with Gasteiger partial charge in [0.05, 0.1) is 12.6 Å². The van der Waals surface area contributed by atoms with Gasteiger partial charge in [0.15, 0.2) is 0 Å². The van der Waals surface area contributed by atoms with Gasteiger partial charge in [-0.15, -0.1) is 0 Å². The lowest BCUT2D eigenvalue weighted by Crippen LogP contribution is -2.51. The molecule has 7 nitrogen and oxygen atoms in total. The molecule has 0 spiro atoms. The first-order valence-corrected chi connectivity index (χ1v) is 10.6. The van der Waals surface area contributed by atoms with Crippen LogP contribution in [0.1, 0.15) is 48.9 Å². The van der Waals surface area contributed by atoms with Gasteiger partial charge in [-0.2, -0.15) is 4.31 Å². The van der Waals surface area contributed by atoms with Gasteiger partial charge in [0, 0.05) is 25.2 Å². The zero-order valence-corrected chi connectivity index (χ0v) is 16.0. The number of nitrogens with two attached hydrogens (primary N) is 1. The second kappa shape index (κ2) is 7.54. The van der Waals surface area contributed by atoms with Gasteiger partial charge in [-0.1, -0.05) is 12.8 Å². The number of ether oxygens (including phenoxy) is 1. The lowest BCUT2D eigenvalue weighted by atomic mass is 9.97. The van der Waals surface area contributed by atoms with Crippen LogP contribution in [0.4, 0.5) is 0 Å². The fourth-order valence-electron chi connectivity index (χ4n) is 3.83. The third-order valence-corrected chi connectivity index (χ3v) is 7.36. The zero-order chi connectivity index (χ0) is 18.8. The summed E-state index contributed by atoms with van der Waals surface area (Å²) in [5.41, 5.74) is 5.81. The van der Waals surface area contributed by atoms with E-state index in [1.54, 1.807) is 12.1 Å². The number of hydrogen-bond donors (Lipinski definition) is 2. The number of sulfonamides is 1. The first-order chi connectivity index (χ1) is 12.4. The molecule has 2 aliphatic rings. The Morgan fingerprint density at radius 3 is 2.46 bits per heavy atom. The van der Waals surface area contributed by atoms with Crippen LogP contribution in [0.2, 0.25) is 0 Å². The summed E-state index contributed by atoms with van der Waals surface area (Å²) in [5.74, 6) is -0.0410. The van der Waals surface area contributed by atoms with Crippen LogP contribution in [0.3, 0.4) is 0 Å². The van der Waals surface area contributed by atoms with E-state index in [0.717, 1.165) is 38.5 Å². The Balaban J connectivity index is 1.91. The highest BCUT2D eigenvalue weighted by atomic mass is 32.2. The minimum Gasteiger partial charge on any atom is -0.495 e. The van der Waals surface area contributed by atoms with Gasteiger partial charge in [0.25, 0.3) is 5.91 Å². The molecule has 0 bridgehead atoms. The SMILES string of the molecule is COc1ccc(C(=O)NC2(CN)CCCC2)cc1S(=O)(=O)N1CCCC1. The highest BCUT2D eigenvalue weighted by Gasteiger charge is 2.35. The molecule has 1 amide bonds. The van der Waals surface area contributed by atoms with E-state index in [1.807, 2.05) is 0 Å². The molecule has 8 heteroatoms. The van der Waals surface area contributed by atoms with Gasteiger partial charge in [-0.05, 0) is 43.9 Å². The van der Waals surface area contributed by atoms with Gasteiger partial charge >= 0.3 is 0 Å². The molecule has 0 radical (unpaired) electrons. The van der Waals surface area contributed by atoms with Gasteiger partial charge in [0.2, 0.25) is 10.0 Å². The number of methoxy groups -OCH3 is 1. The Kier molecular flexibility index (Phi) is 5.55. The van der Waals surface area contributed by atoms with Crippen LogP contribution < -0.4 is 15.8 Å². The lowest BCUT2D eigenvalue weighted by Gasteiger charge is -2.29. The summed E-state index contributed by atoms with van der Waals surface area (Å²) < 4.78 is 32.6. The number of rotatable bonds is 6. The van der Waals surface area contributed by atoms with E-state index < -0.39 is 10.0 Å². The average molecular weight is 381 g/mol. The number of amides is 1. The maximum Gasteiger partial charge on any atom is 0.251 e. The second-order valence-electron chi connectivity index (χ2n) is 7.12. The molecule has 26 heavy (non-hydrogen) atoms. The predicted molar refractivity (Wildman–Crippen MR) is 98.7 cm³/mol. The van der Waals surface area contributed by atoms with Crippen molar-refractivity contribution < 1.29 is 17.9 Å². The summed E-state index contributed by atoms with van der Waals surface area (Å²) in [5, 5.41) is 3.03. The summed E-state index contributed by atoms with van der Waals surface area (Å²) in [7, 11) is -2.25. The van der Waals surface area contributed by atoms with Crippen LogP contribution in [0.25, 0.3) is 0 Å². The smallest absolute Gasteiger partial charge is 0.251 e. The summed E-state index contributed by atoms with van der Waals surface area (Å²) in [4.78, 5) is 12.8. The topological polar surface area (TPSA) is 102 Å². The van der Waals surface area contributed by atoms with Gasteiger partial charge < -0.3 is 15.8 Å². The first-order valence-electron chi connectivity index (χ1n) is 9.13. The van der Waals surface area contributed by atoms with Crippen LogP contribution in [0, 0.1) is 0 Å². The monoisotopic (exact) mass is 381 g/mol. The van der Waals surface area contributed by atoms with Gasteiger partial charge in [-0.25, -0.2) is 8.42 Å². The summed E-state index contributed by atoms with van der Waals surface area (Å²) >= 11 is 0. The predicted octanol–water partition coefficient (Wildman–Crippen LogP) is 1.48. The number of carbonyl (C=O) groups excluding carboxylic acids is 1. The number of nitrogens with zero attached hydrogens (tertiary/aromatic N) is 1. The van der Waals surface area contributed by atoms with E-state index in [4.69, 9.17) is 10.5 Å². The standard InChI is InChI=1S/C18H27N3O4S/c1-25-15-7-6-14(17(22)20-18(13-19)8-2-3-9-18)12-16(15)26(23,24)21-10-4-5-11-21/h6-7,12H,2-5,8-11,13,19H2,1H3,(H,20,22). The van der Waals surface area contributed by atoms with Crippen LogP contribution in [-0.4, -0.2) is 50.9 Å². The van der Waals surface area contributed by atoms with Crippen molar-refractivity contribution >= 4 is 15.9 Å². The number of hydrogen-bond acceptors (Lipinski definition) is 5. The van der Waals surface area contributed by atoms with E-state index in [2.05, 4.69) is 5.32 Å². The number of carbonyl (C=O) groups is 1. The van der Waals surface area contributed by atoms with Crippen LogP contribution in [0.5, 0.6) is 5.75 Å². The Bertz CT molecular complexity index is 767. The summed E-state index contributed by atoms with van der Waals surface area (Å²) in [6, 6.07) is 4.55. The van der Waals surface area contributed by atoms with Crippen molar-refractivity contribution in [3.05, 3.63) is 23.8 Å². The van der Waals surface area contributed by atoms with Crippen molar-refractivity contribution in [1.29, 1.82) is 0 Å². The third-order valence-electron chi connectivity index (χ3n) is 5.44. The summed E-state index contributed by atoms with van der Waals surface area (Å²) in [6.45, 7) is 1.38. The average Bonchev–Trinajstić information content (AvgIpc) is 3.34. The van der Waals surface area contributed by atoms with Crippen LogP contribution in [-0.2, 0) is 10.0 Å². The van der Waals surface area contributed by atoms with Crippen molar-refractivity contribution in [2.45, 2.75) is 49.0 Å². The molecule has 0 atom stereocenters. The van der Waals surface area contributed by atoms with E-state index in [-0.39, 0.29) is 22.1 Å². The molecule has 1 aromatic rings. The molecule has 144 valence electrons. The molecule has 0 unspecified atom stereocenters. The molecule has 3 N–H and O–H groups in total. The minimum atomic E-state index is -3.68. The number of benzene rings is 1. The fraction of sp³-hybridized carbons (Fsp3) is 0.611. The highest BCUT2D eigenvalue weighted by Crippen LogP contribution is 2.31. The quantitative estimate of drug-likeness (QED) is 0.777. The van der Waals surface area contributed by atoms with Crippen molar-refractivity contribution in [3.63, 3.8) is 0 Å². The molecule has 3 rings (SSSR count). The van der Waals surface area contributed by atoms with E-state index in [9.17, 15) is 13.2 Å². The molecular weight excluding hydrogens is 354 g/mol. The molecule has 1 aliphatic carbocycles. The molecule has 1 saturated carbocycles. The first kappa shape index (κ1) is 19.1. The Labute approximate surface area is 154 Å². The van der Waals surface area contributed by atoms with E-state index in [1.165, 1.54) is 17.5 Å². The van der Waals surface area contributed by atoms with Crippen molar-refractivity contribution in [2.75, 3.05) is 26.7 Å². The molecule has 0 aromatic heterocycles. The van der Waals surface area contributed by atoms with Crippen LogP contribution >= 0.6 is 0 Å². The van der Waals surface area contributed by atoms with E-state index >= 15 is 0 Å². The normalized spacial score (nSPS) is 20.2. The van der Waals surface area contributed by atoms with Crippen LogP contribution in [0.15, 0.2) is 23.1 Å². The van der Waals surface area contributed by atoms with Gasteiger partial charge in [0.1, 0.15) is 10.6 Å². The molecule has 1 saturated heterocycles. The number of nitrogens with one attached hydrogen (secondary N) is 1. The maximum atomic E-state index is 12.9. The molecule has 1 aliphatic heterocycles. The van der Waals surface area contributed by atoms with Crippen molar-refractivity contribution in [3.8, 4) is 5.75 Å². The summed E-state index contributed by atoms with van der Waals surface area (Å²) in [6.07, 6.45) is 5.47. The molecule has 1 heterocycles. The third kappa shape index (κ3) is 3.58. The van der Waals surface area contributed by atoms with E-state index in [0.29, 0.717) is 25.2 Å². The molecule has 2 fully saturated rings. The largest absolute Gasteiger partial charge is 0.495 e. The molecule has 1 aromatic carbocycles. The highest BCUT2D eigenvalue weighted by molar-refractivity contribution is 7.89. The molecular formula is C18H27N3O4S. The lowest BCUT2D eigenvalue weighted by molar-refractivity contribution is 0.0903. The Morgan fingerprint density at radius 1 is 1.23 bits per heavy atom. The second-order valence-corrected chi connectivity index (χ2v) is 9.03. The fourth-order valence-corrected chi connectivity index (χ4v) is 5.53. The van der Waals surface area contributed by atoms with Crippen molar-refractivity contribution in [2.24, 2.45) is 5.73 Å². The minimum absolute atomic E-state index is 0.0442. The van der Waals surface area contributed by atoms with Crippen molar-refractivity contribution in [1.82, 2.24) is 9.62 Å². The Hall–Kier alpha value is -1.64. The Morgan fingerprint density at radius 2 is 1.88 bits per heavy atom.